The number of nitrogens with one attached hydrogen (secondary N) is 1. The van der Waals surface area contributed by atoms with Crippen LogP contribution < -0.4 is 5.43 Å². The predicted molar refractivity (Wildman–Crippen MR) is 66.4 cm³/mol. The van der Waals surface area contributed by atoms with Crippen LogP contribution in [-0.2, 0) is 4.79 Å². The SMILES string of the molecule is O=C(O)CCC(O)c1ccc2[nH]ccc(=O)c2c1. The highest BCUT2D eigenvalue weighted by molar-refractivity contribution is 5.78. The Morgan fingerprint density at radius 1 is 1.33 bits per heavy atom. The molecular formula is C13H13NO4. The van der Waals surface area contributed by atoms with Gasteiger partial charge in [-0.15, -0.1) is 0 Å². The third-order valence-corrected chi connectivity index (χ3v) is 2.80. The maximum atomic E-state index is 11.6. The average molecular weight is 247 g/mol. The molecule has 1 unspecified atom stereocenters. The molecule has 1 atom stereocenters. The van der Waals surface area contributed by atoms with Crippen molar-refractivity contribution in [3.63, 3.8) is 0 Å². The second-order valence-electron chi connectivity index (χ2n) is 4.10. The monoisotopic (exact) mass is 247 g/mol. The average Bonchev–Trinajstić information content (AvgIpc) is 2.36. The van der Waals surface area contributed by atoms with Gasteiger partial charge in [0.1, 0.15) is 0 Å². The first-order chi connectivity index (χ1) is 8.58. The highest BCUT2D eigenvalue weighted by Crippen LogP contribution is 2.20. The number of pyridine rings is 1. The number of carbonyl (C=O) groups is 1. The van der Waals surface area contributed by atoms with Crippen LogP contribution in [0.15, 0.2) is 35.3 Å². The van der Waals surface area contributed by atoms with E-state index in [1.165, 1.54) is 6.07 Å². The van der Waals surface area contributed by atoms with E-state index in [-0.39, 0.29) is 18.3 Å². The van der Waals surface area contributed by atoms with Gasteiger partial charge in [0.05, 0.1) is 6.10 Å². The quantitative estimate of drug-likeness (QED) is 0.762. The number of aliphatic carboxylic acids is 1. The highest BCUT2D eigenvalue weighted by atomic mass is 16.4. The zero-order valence-corrected chi connectivity index (χ0v) is 9.59. The highest BCUT2D eigenvalue weighted by Gasteiger charge is 2.11. The Bertz CT molecular complexity index is 632. The number of H-pyrrole nitrogens is 1. The van der Waals surface area contributed by atoms with E-state index in [1.54, 1.807) is 24.4 Å². The van der Waals surface area contributed by atoms with Crippen molar-refractivity contribution in [2.45, 2.75) is 18.9 Å². The van der Waals surface area contributed by atoms with Crippen molar-refractivity contribution in [2.75, 3.05) is 0 Å². The minimum atomic E-state index is -0.951. The second kappa shape index (κ2) is 5.01. The smallest absolute Gasteiger partial charge is 0.303 e. The van der Waals surface area contributed by atoms with Crippen molar-refractivity contribution in [2.24, 2.45) is 0 Å². The Morgan fingerprint density at radius 2 is 2.11 bits per heavy atom. The van der Waals surface area contributed by atoms with E-state index in [0.717, 1.165) is 0 Å². The van der Waals surface area contributed by atoms with E-state index >= 15 is 0 Å². The van der Waals surface area contributed by atoms with Crippen LogP contribution in [-0.4, -0.2) is 21.2 Å². The van der Waals surface area contributed by atoms with Crippen LogP contribution in [0.1, 0.15) is 24.5 Å². The maximum Gasteiger partial charge on any atom is 0.303 e. The fraction of sp³-hybridized carbons (Fsp3) is 0.231. The molecule has 0 bridgehead atoms. The van der Waals surface area contributed by atoms with Crippen LogP contribution in [0.5, 0.6) is 0 Å². The number of hydrogen-bond donors (Lipinski definition) is 3. The number of rotatable bonds is 4. The molecule has 3 N–H and O–H groups in total. The predicted octanol–water partition coefficient (Wildman–Crippen LogP) is 1.43. The zero-order valence-electron chi connectivity index (χ0n) is 9.59. The fourth-order valence-corrected chi connectivity index (χ4v) is 1.82. The fourth-order valence-electron chi connectivity index (χ4n) is 1.82. The Hall–Kier alpha value is -2.14. The molecule has 1 aromatic heterocycles. The third kappa shape index (κ3) is 2.57. The summed E-state index contributed by atoms with van der Waals surface area (Å²) in [5, 5.41) is 18.9. The molecule has 0 saturated heterocycles. The number of aromatic amines is 1. The normalized spacial score (nSPS) is 12.5. The van der Waals surface area contributed by atoms with Crippen molar-refractivity contribution < 1.29 is 15.0 Å². The Morgan fingerprint density at radius 3 is 2.83 bits per heavy atom. The molecule has 5 nitrogen and oxygen atoms in total. The summed E-state index contributed by atoms with van der Waals surface area (Å²) in [4.78, 5) is 25.0. The van der Waals surface area contributed by atoms with Gasteiger partial charge in [0, 0.05) is 29.6 Å². The van der Waals surface area contributed by atoms with E-state index in [2.05, 4.69) is 4.98 Å². The summed E-state index contributed by atoms with van der Waals surface area (Å²) in [6.45, 7) is 0. The number of aliphatic hydroxyl groups excluding tert-OH is 1. The lowest BCUT2D eigenvalue weighted by molar-refractivity contribution is -0.137. The molecule has 0 aliphatic heterocycles. The molecule has 2 aromatic rings. The Balaban J connectivity index is 2.32. The van der Waals surface area contributed by atoms with Gasteiger partial charge in [0.25, 0.3) is 0 Å². The van der Waals surface area contributed by atoms with E-state index in [0.29, 0.717) is 16.5 Å². The molecule has 0 radical (unpaired) electrons. The molecule has 0 saturated carbocycles. The molecular weight excluding hydrogens is 234 g/mol. The number of carboxylic acids is 1. The van der Waals surface area contributed by atoms with Crippen LogP contribution in [0, 0.1) is 0 Å². The third-order valence-electron chi connectivity index (χ3n) is 2.80. The molecule has 18 heavy (non-hydrogen) atoms. The zero-order chi connectivity index (χ0) is 13.1. The van der Waals surface area contributed by atoms with E-state index < -0.39 is 12.1 Å². The van der Waals surface area contributed by atoms with Gasteiger partial charge in [-0.25, -0.2) is 0 Å². The minimum Gasteiger partial charge on any atom is -0.481 e. The van der Waals surface area contributed by atoms with Crippen LogP contribution in [0.4, 0.5) is 0 Å². The van der Waals surface area contributed by atoms with Gasteiger partial charge in [-0.2, -0.15) is 0 Å². The number of fused-ring (bicyclic) bond motifs is 1. The molecule has 2 rings (SSSR count). The molecule has 0 aliphatic rings. The topological polar surface area (TPSA) is 90.4 Å². The van der Waals surface area contributed by atoms with Gasteiger partial charge in [-0.3, -0.25) is 9.59 Å². The van der Waals surface area contributed by atoms with Gasteiger partial charge in [-0.1, -0.05) is 6.07 Å². The number of benzene rings is 1. The maximum absolute atomic E-state index is 11.6. The lowest BCUT2D eigenvalue weighted by atomic mass is 10.0. The van der Waals surface area contributed by atoms with Crippen LogP contribution in [0.2, 0.25) is 0 Å². The summed E-state index contributed by atoms with van der Waals surface area (Å²) < 4.78 is 0. The van der Waals surface area contributed by atoms with Gasteiger partial charge in [-0.05, 0) is 24.1 Å². The first-order valence-corrected chi connectivity index (χ1v) is 5.59. The second-order valence-corrected chi connectivity index (χ2v) is 4.10. The van der Waals surface area contributed by atoms with E-state index in [1.807, 2.05) is 0 Å². The van der Waals surface area contributed by atoms with Gasteiger partial charge < -0.3 is 15.2 Å². The molecule has 1 aromatic carbocycles. The van der Waals surface area contributed by atoms with Gasteiger partial charge >= 0.3 is 5.97 Å². The van der Waals surface area contributed by atoms with Crippen molar-refractivity contribution >= 4 is 16.9 Å². The molecule has 0 amide bonds. The molecule has 0 spiro atoms. The molecule has 0 aliphatic carbocycles. The van der Waals surface area contributed by atoms with Crippen LogP contribution in [0.3, 0.4) is 0 Å². The molecule has 5 heteroatoms. The number of hydrogen-bond acceptors (Lipinski definition) is 3. The van der Waals surface area contributed by atoms with Crippen molar-refractivity contribution in [1.82, 2.24) is 4.98 Å². The molecule has 94 valence electrons. The van der Waals surface area contributed by atoms with Crippen molar-refractivity contribution in [3.05, 3.63) is 46.2 Å². The molecule has 0 fully saturated rings. The summed E-state index contributed by atoms with van der Waals surface area (Å²) in [7, 11) is 0. The summed E-state index contributed by atoms with van der Waals surface area (Å²) >= 11 is 0. The lowest BCUT2D eigenvalue weighted by Gasteiger charge is -2.10. The van der Waals surface area contributed by atoms with Gasteiger partial charge in [0.15, 0.2) is 5.43 Å². The summed E-state index contributed by atoms with van der Waals surface area (Å²) in [5.41, 5.74) is 1.12. The summed E-state index contributed by atoms with van der Waals surface area (Å²) in [5.74, 6) is -0.951. The van der Waals surface area contributed by atoms with E-state index in [9.17, 15) is 14.7 Å². The summed E-state index contributed by atoms with van der Waals surface area (Å²) in [6.07, 6.45) is 0.714. The van der Waals surface area contributed by atoms with Crippen molar-refractivity contribution in [3.8, 4) is 0 Å². The number of aromatic nitrogens is 1. The first kappa shape index (κ1) is 12.3. The van der Waals surface area contributed by atoms with Crippen molar-refractivity contribution in [1.29, 1.82) is 0 Å². The van der Waals surface area contributed by atoms with Gasteiger partial charge in [0.2, 0.25) is 0 Å². The van der Waals surface area contributed by atoms with Crippen LogP contribution in [0.25, 0.3) is 10.9 Å². The largest absolute Gasteiger partial charge is 0.481 e. The number of carboxylic acid groups (broad SMARTS) is 1. The Kier molecular flexibility index (Phi) is 3.43. The Labute approximate surface area is 103 Å². The number of aliphatic hydroxyl groups is 1. The lowest BCUT2D eigenvalue weighted by Crippen LogP contribution is -2.05. The summed E-state index contributed by atoms with van der Waals surface area (Å²) in [6, 6.07) is 6.40. The first-order valence-electron chi connectivity index (χ1n) is 5.59. The standard InChI is InChI=1S/C13H13NO4/c15-11(3-4-13(17)18)8-1-2-10-9(7-8)12(16)5-6-14-10/h1-2,5-7,11,15H,3-4H2,(H,14,16)(H,17,18). The van der Waals surface area contributed by atoms with E-state index in [4.69, 9.17) is 5.11 Å². The minimum absolute atomic E-state index is 0.107. The van der Waals surface area contributed by atoms with Crippen LogP contribution >= 0.6 is 0 Å². The molecule has 1 heterocycles.